The van der Waals surface area contributed by atoms with E-state index in [1.807, 2.05) is 51.1 Å². The topological polar surface area (TPSA) is 55.4 Å². The van der Waals surface area contributed by atoms with Crippen LogP contribution in [0.3, 0.4) is 0 Å². The summed E-state index contributed by atoms with van der Waals surface area (Å²) < 4.78 is 5.42. The molecule has 1 amide bonds. The molecule has 1 aliphatic rings. The molecular formula is C17H23NO3. The van der Waals surface area contributed by atoms with Gasteiger partial charge in [-0.2, -0.15) is 0 Å². The molecule has 21 heavy (non-hydrogen) atoms. The predicted octanol–water partition coefficient (Wildman–Crippen LogP) is 2.47. The van der Waals surface area contributed by atoms with Crippen LogP contribution < -0.4 is 5.32 Å². The molecule has 0 aromatic heterocycles. The third kappa shape index (κ3) is 5.21. The molecule has 0 heterocycles. The van der Waals surface area contributed by atoms with E-state index in [2.05, 4.69) is 5.32 Å². The number of carbonyl (C=O) groups excluding carboxylic acids is 2. The average molecular weight is 289 g/mol. The number of rotatable bonds is 5. The Morgan fingerprint density at radius 3 is 2.38 bits per heavy atom. The molecule has 1 saturated carbocycles. The van der Waals surface area contributed by atoms with Crippen molar-refractivity contribution in [2.24, 2.45) is 5.92 Å². The predicted molar refractivity (Wildman–Crippen MR) is 80.6 cm³/mol. The van der Waals surface area contributed by atoms with E-state index in [0.29, 0.717) is 6.42 Å². The van der Waals surface area contributed by atoms with Crippen LogP contribution in [-0.4, -0.2) is 23.5 Å². The van der Waals surface area contributed by atoms with Crippen molar-refractivity contribution in [2.75, 3.05) is 0 Å². The number of nitrogens with one attached hydrogen (secondary N) is 1. The van der Waals surface area contributed by atoms with Crippen molar-refractivity contribution in [3.63, 3.8) is 0 Å². The molecule has 0 aliphatic heterocycles. The normalized spacial score (nSPS) is 16.1. The van der Waals surface area contributed by atoms with E-state index in [0.717, 1.165) is 18.4 Å². The molecule has 0 spiro atoms. The van der Waals surface area contributed by atoms with Crippen LogP contribution in [0.2, 0.25) is 0 Å². The maximum absolute atomic E-state index is 12.3. The molecule has 1 aliphatic carbocycles. The highest BCUT2D eigenvalue weighted by atomic mass is 16.6. The third-order valence-corrected chi connectivity index (χ3v) is 3.24. The lowest BCUT2D eigenvalue weighted by Gasteiger charge is -2.24. The van der Waals surface area contributed by atoms with Crippen LogP contribution in [0, 0.1) is 5.92 Å². The van der Waals surface area contributed by atoms with Crippen molar-refractivity contribution in [2.45, 2.75) is 51.7 Å². The number of esters is 1. The van der Waals surface area contributed by atoms with Crippen molar-refractivity contribution in [1.82, 2.24) is 5.32 Å². The van der Waals surface area contributed by atoms with Gasteiger partial charge in [0.15, 0.2) is 0 Å². The second-order valence-corrected chi connectivity index (χ2v) is 6.56. The molecule has 0 saturated heterocycles. The summed E-state index contributed by atoms with van der Waals surface area (Å²) in [7, 11) is 0. The highest BCUT2D eigenvalue weighted by Gasteiger charge is 2.34. The molecule has 0 unspecified atom stereocenters. The largest absolute Gasteiger partial charge is 0.458 e. The van der Waals surface area contributed by atoms with Crippen molar-refractivity contribution < 1.29 is 14.3 Å². The number of amides is 1. The summed E-state index contributed by atoms with van der Waals surface area (Å²) in [5.41, 5.74) is 0.445. The second kappa shape index (κ2) is 6.29. The van der Waals surface area contributed by atoms with Gasteiger partial charge in [0.25, 0.3) is 0 Å². The molecule has 1 aromatic rings. The first-order chi connectivity index (χ1) is 9.85. The molecule has 1 N–H and O–H groups in total. The fourth-order valence-electron chi connectivity index (χ4n) is 2.05. The van der Waals surface area contributed by atoms with Gasteiger partial charge in [0.1, 0.15) is 11.6 Å². The van der Waals surface area contributed by atoms with Crippen molar-refractivity contribution in [3.8, 4) is 0 Å². The van der Waals surface area contributed by atoms with Crippen LogP contribution in [0.1, 0.15) is 39.2 Å². The van der Waals surface area contributed by atoms with Gasteiger partial charge in [-0.1, -0.05) is 30.3 Å². The Hall–Kier alpha value is -1.84. The number of carbonyl (C=O) groups is 2. The van der Waals surface area contributed by atoms with E-state index in [1.165, 1.54) is 0 Å². The van der Waals surface area contributed by atoms with Gasteiger partial charge in [-0.3, -0.25) is 4.79 Å². The summed E-state index contributed by atoms with van der Waals surface area (Å²) in [5, 5.41) is 2.84. The monoisotopic (exact) mass is 289 g/mol. The standard InChI is InChI=1S/C17H23NO3/c1-17(2,3)21-16(20)14(18-15(19)13-9-10-13)11-12-7-5-4-6-8-12/h4-8,13-14H,9-11H2,1-3H3,(H,18,19)/t14-/m1/s1. The highest BCUT2D eigenvalue weighted by Crippen LogP contribution is 2.29. The van der Waals surface area contributed by atoms with Gasteiger partial charge in [0.2, 0.25) is 5.91 Å². The lowest BCUT2D eigenvalue weighted by molar-refractivity contribution is -0.158. The summed E-state index contributed by atoms with van der Waals surface area (Å²) >= 11 is 0. The van der Waals surface area contributed by atoms with Gasteiger partial charge in [0.05, 0.1) is 0 Å². The maximum Gasteiger partial charge on any atom is 0.329 e. The van der Waals surface area contributed by atoms with Crippen molar-refractivity contribution >= 4 is 11.9 Å². The molecule has 2 rings (SSSR count). The Labute approximate surface area is 125 Å². The van der Waals surface area contributed by atoms with E-state index < -0.39 is 11.6 Å². The minimum absolute atomic E-state index is 0.0400. The van der Waals surface area contributed by atoms with E-state index in [4.69, 9.17) is 4.74 Å². The average Bonchev–Trinajstić information content (AvgIpc) is 3.21. The SMILES string of the molecule is CC(C)(C)OC(=O)[C@@H](Cc1ccccc1)NC(=O)C1CC1. The van der Waals surface area contributed by atoms with Gasteiger partial charge >= 0.3 is 5.97 Å². The first kappa shape index (κ1) is 15.5. The molecule has 0 radical (unpaired) electrons. The van der Waals surface area contributed by atoms with E-state index >= 15 is 0 Å². The molecule has 114 valence electrons. The summed E-state index contributed by atoms with van der Waals surface area (Å²) in [6.45, 7) is 5.48. The Bertz CT molecular complexity index is 501. The van der Waals surface area contributed by atoms with Gasteiger partial charge in [0, 0.05) is 12.3 Å². The molecule has 1 aromatic carbocycles. The van der Waals surface area contributed by atoms with Crippen molar-refractivity contribution in [1.29, 1.82) is 0 Å². The Morgan fingerprint density at radius 1 is 1.24 bits per heavy atom. The molecule has 4 heteroatoms. The van der Waals surface area contributed by atoms with Crippen LogP contribution in [0.25, 0.3) is 0 Å². The summed E-state index contributed by atoms with van der Waals surface area (Å²) in [4.78, 5) is 24.3. The molecular weight excluding hydrogens is 266 g/mol. The second-order valence-electron chi connectivity index (χ2n) is 6.56. The molecule has 1 atom stereocenters. The number of ether oxygens (including phenoxy) is 1. The zero-order valence-corrected chi connectivity index (χ0v) is 12.9. The smallest absolute Gasteiger partial charge is 0.329 e. The van der Waals surface area contributed by atoms with Gasteiger partial charge < -0.3 is 10.1 Å². The molecule has 0 bridgehead atoms. The van der Waals surface area contributed by atoms with E-state index in [1.54, 1.807) is 0 Å². The lowest BCUT2D eigenvalue weighted by atomic mass is 10.1. The van der Waals surface area contributed by atoms with Crippen LogP contribution >= 0.6 is 0 Å². The Balaban J connectivity index is 2.05. The van der Waals surface area contributed by atoms with Crippen LogP contribution in [0.4, 0.5) is 0 Å². The summed E-state index contributed by atoms with van der Waals surface area (Å²) in [6.07, 6.45) is 2.28. The fourth-order valence-corrected chi connectivity index (χ4v) is 2.05. The maximum atomic E-state index is 12.3. The Kier molecular flexibility index (Phi) is 4.66. The molecule has 4 nitrogen and oxygen atoms in total. The number of benzene rings is 1. The minimum Gasteiger partial charge on any atom is -0.458 e. The minimum atomic E-state index is -0.625. The molecule has 1 fully saturated rings. The van der Waals surface area contributed by atoms with Gasteiger partial charge in [-0.25, -0.2) is 4.79 Å². The lowest BCUT2D eigenvalue weighted by Crippen LogP contribution is -2.46. The van der Waals surface area contributed by atoms with E-state index in [-0.39, 0.29) is 17.8 Å². The summed E-state index contributed by atoms with van der Waals surface area (Å²) in [5.74, 6) is -0.340. The number of hydrogen-bond acceptors (Lipinski definition) is 3. The zero-order chi connectivity index (χ0) is 15.5. The first-order valence-electron chi connectivity index (χ1n) is 7.42. The quantitative estimate of drug-likeness (QED) is 0.847. The van der Waals surface area contributed by atoms with Gasteiger partial charge in [-0.05, 0) is 39.2 Å². The zero-order valence-electron chi connectivity index (χ0n) is 12.9. The first-order valence-corrected chi connectivity index (χ1v) is 7.42. The van der Waals surface area contributed by atoms with Crippen LogP contribution in [0.15, 0.2) is 30.3 Å². The third-order valence-electron chi connectivity index (χ3n) is 3.24. The van der Waals surface area contributed by atoms with Crippen LogP contribution in [0.5, 0.6) is 0 Å². The Morgan fingerprint density at radius 2 is 1.86 bits per heavy atom. The summed E-state index contributed by atoms with van der Waals surface area (Å²) in [6, 6.07) is 9.03. The number of hydrogen-bond donors (Lipinski definition) is 1. The highest BCUT2D eigenvalue weighted by molar-refractivity contribution is 5.87. The van der Waals surface area contributed by atoms with Crippen LogP contribution in [-0.2, 0) is 20.7 Å². The van der Waals surface area contributed by atoms with E-state index in [9.17, 15) is 9.59 Å². The van der Waals surface area contributed by atoms with Gasteiger partial charge in [-0.15, -0.1) is 0 Å². The van der Waals surface area contributed by atoms with Crippen molar-refractivity contribution in [3.05, 3.63) is 35.9 Å². The fraction of sp³-hybridized carbons (Fsp3) is 0.529.